The Morgan fingerprint density at radius 3 is 2.06 bits per heavy atom. The average molecular weight is 482 g/mol. The summed E-state index contributed by atoms with van der Waals surface area (Å²) < 4.78 is 11.9. The summed E-state index contributed by atoms with van der Waals surface area (Å²) in [5, 5.41) is 2.67. The number of nitrogens with one attached hydrogen (secondary N) is 1. The van der Waals surface area contributed by atoms with Gasteiger partial charge in [0, 0.05) is 12.3 Å². The number of hydrogen-bond donors (Lipinski definition) is 1. The Labute approximate surface area is 210 Å². The first-order chi connectivity index (χ1) is 16.5. The predicted octanol–water partition coefficient (Wildman–Crippen LogP) is 7.36. The van der Waals surface area contributed by atoms with Crippen LogP contribution in [0.1, 0.15) is 137 Å². The molecule has 1 aliphatic heterocycles. The molecule has 200 valence electrons. The smallest absolute Gasteiger partial charge is 0.328 e. The van der Waals surface area contributed by atoms with E-state index >= 15 is 0 Å². The lowest BCUT2D eigenvalue weighted by Crippen LogP contribution is -2.44. The fourth-order valence-corrected chi connectivity index (χ4v) is 4.93. The first kappa shape index (κ1) is 30.9. The van der Waals surface area contributed by atoms with Crippen molar-refractivity contribution in [1.29, 1.82) is 0 Å². The van der Waals surface area contributed by atoms with Crippen molar-refractivity contribution >= 4 is 12.4 Å². The summed E-state index contributed by atoms with van der Waals surface area (Å²) in [6.45, 7) is 9.45. The van der Waals surface area contributed by atoms with Crippen LogP contribution in [-0.4, -0.2) is 37.2 Å². The van der Waals surface area contributed by atoms with E-state index in [0.29, 0.717) is 24.7 Å². The lowest BCUT2D eigenvalue weighted by Gasteiger charge is -2.39. The first-order valence-corrected chi connectivity index (χ1v) is 14.5. The van der Waals surface area contributed by atoms with Crippen molar-refractivity contribution in [2.24, 2.45) is 11.8 Å². The lowest BCUT2D eigenvalue weighted by atomic mass is 9.87. The normalized spacial score (nSPS) is 19.4. The van der Waals surface area contributed by atoms with Crippen LogP contribution in [0.25, 0.3) is 0 Å². The molecule has 1 amide bonds. The highest BCUT2D eigenvalue weighted by molar-refractivity contribution is 5.78. The van der Waals surface area contributed by atoms with Gasteiger partial charge in [-0.2, -0.15) is 0 Å². The highest BCUT2D eigenvalue weighted by Gasteiger charge is 2.35. The molecule has 4 atom stereocenters. The maximum absolute atomic E-state index is 12.9. The van der Waals surface area contributed by atoms with E-state index in [1.165, 1.54) is 83.5 Å². The van der Waals surface area contributed by atoms with Crippen molar-refractivity contribution in [2.75, 3.05) is 6.61 Å². The summed E-state index contributed by atoms with van der Waals surface area (Å²) in [6.07, 6.45) is 20.9. The lowest BCUT2D eigenvalue weighted by molar-refractivity contribution is -0.164. The highest BCUT2D eigenvalue weighted by atomic mass is 16.6. The molecule has 34 heavy (non-hydrogen) atoms. The third-order valence-electron chi connectivity index (χ3n) is 7.15. The van der Waals surface area contributed by atoms with Crippen molar-refractivity contribution < 1.29 is 19.1 Å². The van der Waals surface area contributed by atoms with Gasteiger partial charge in [-0.15, -0.1) is 0 Å². The standard InChI is InChI=1S/C29H55NO4/c1-5-7-9-11-12-13-14-15-17-19-26(34-29(32)27(30-23-31)20-24(3)4)21-28-25(22-33-28)18-16-10-8-6-2/h23-28H,5-22H2,1-4H3,(H,30,31)/t25-,26+,27-,28-/m1/s1. The summed E-state index contributed by atoms with van der Waals surface area (Å²) in [6, 6.07) is -0.560. The van der Waals surface area contributed by atoms with Gasteiger partial charge < -0.3 is 14.8 Å². The molecule has 1 aliphatic rings. The monoisotopic (exact) mass is 481 g/mol. The van der Waals surface area contributed by atoms with E-state index in [4.69, 9.17) is 9.47 Å². The molecule has 1 rings (SSSR count). The molecule has 0 aromatic heterocycles. The Morgan fingerprint density at radius 1 is 0.941 bits per heavy atom. The quantitative estimate of drug-likeness (QED) is 0.0941. The molecule has 0 aromatic rings. The van der Waals surface area contributed by atoms with Gasteiger partial charge in [0.2, 0.25) is 6.41 Å². The summed E-state index contributed by atoms with van der Waals surface area (Å²) in [4.78, 5) is 23.9. The van der Waals surface area contributed by atoms with Crippen molar-refractivity contribution in [3.8, 4) is 0 Å². The van der Waals surface area contributed by atoms with Crippen LogP contribution in [0.3, 0.4) is 0 Å². The molecule has 1 fully saturated rings. The summed E-state index contributed by atoms with van der Waals surface area (Å²) in [7, 11) is 0. The molecular formula is C29H55NO4. The zero-order chi connectivity index (χ0) is 25.0. The minimum atomic E-state index is -0.560. The van der Waals surface area contributed by atoms with Crippen molar-refractivity contribution in [2.45, 2.75) is 155 Å². The topological polar surface area (TPSA) is 64.6 Å². The van der Waals surface area contributed by atoms with E-state index in [-0.39, 0.29) is 18.2 Å². The number of amides is 1. The third kappa shape index (κ3) is 14.3. The third-order valence-corrected chi connectivity index (χ3v) is 7.15. The second-order valence-corrected chi connectivity index (χ2v) is 10.9. The van der Waals surface area contributed by atoms with Gasteiger partial charge in [-0.25, -0.2) is 4.79 Å². The second-order valence-electron chi connectivity index (χ2n) is 10.9. The van der Waals surface area contributed by atoms with Gasteiger partial charge in [0.1, 0.15) is 12.1 Å². The van der Waals surface area contributed by atoms with Crippen LogP contribution in [0.5, 0.6) is 0 Å². The number of carbonyl (C=O) groups excluding carboxylic acids is 2. The van der Waals surface area contributed by atoms with Crippen LogP contribution in [0, 0.1) is 11.8 Å². The molecule has 0 radical (unpaired) electrons. The van der Waals surface area contributed by atoms with Crippen LogP contribution in [0.2, 0.25) is 0 Å². The number of rotatable bonds is 23. The molecule has 1 N–H and O–H groups in total. The van der Waals surface area contributed by atoms with Crippen LogP contribution < -0.4 is 5.32 Å². The van der Waals surface area contributed by atoms with Gasteiger partial charge in [0.15, 0.2) is 0 Å². The van der Waals surface area contributed by atoms with E-state index in [1.807, 2.05) is 0 Å². The highest BCUT2D eigenvalue weighted by Crippen LogP contribution is 2.31. The average Bonchev–Trinajstić information content (AvgIpc) is 2.79. The maximum Gasteiger partial charge on any atom is 0.328 e. The number of esters is 1. The molecule has 0 aromatic carbocycles. The van der Waals surface area contributed by atoms with E-state index in [2.05, 4.69) is 33.0 Å². The molecule has 0 saturated carbocycles. The van der Waals surface area contributed by atoms with Gasteiger partial charge in [-0.05, 0) is 31.6 Å². The molecule has 5 heteroatoms. The van der Waals surface area contributed by atoms with Gasteiger partial charge in [0.05, 0.1) is 12.7 Å². The molecule has 0 bridgehead atoms. The Morgan fingerprint density at radius 2 is 1.53 bits per heavy atom. The largest absolute Gasteiger partial charge is 0.461 e. The SMILES string of the molecule is CCCCCCCCCCC[C@@H](C[C@H]1OC[C@H]1CCCCCC)OC(=O)[C@@H](CC(C)C)NC=O. The van der Waals surface area contributed by atoms with E-state index in [0.717, 1.165) is 25.9 Å². The fraction of sp³-hybridized carbons (Fsp3) is 0.931. The van der Waals surface area contributed by atoms with Crippen molar-refractivity contribution in [3.63, 3.8) is 0 Å². The minimum absolute atomic E-state index is 0.122. The molecule has 0 spiro atoms. The summed E-state index contributed by atoms with van der Waals surface area (Å²) in [5.74, 6) is 0.615. The van der Waals surface area contributed by atoms with Crippen LogP contribution >= 0.6 is 0 Å². The number of hydrogen-bond acceptors (Lipinski definition) is 4. The fourth-order valence-electron chi connectivity index (χ4n) is 4.93. The summed E-state index contributed by atoms with van der Waals surface area (Å²) >= 11 is 0. The zero-order valence-corrected chi connectivity index (χ0v) is 22.8. The molecule has 5 nitrogen and oxygen atoms in total. The number of unbranched alkanes of at least 4 members (excludes halogenated alkanes) is 11. The van der Waals surface area contributed by atoms with Gasteiger partial charge in [-0.3, -0.25) is 4.79 Å². The predicted molar refractivity (Wildman–Crippen MR) is 141 cm³/mol. The van der Waals surface area contributed by atoms with Gasteiger partial charge >= 0.3 is 5.97 Å². The van der Waals surface area contributed by atoms with Crippen LogP contribution in [0.15, 0.2) is 0 Å². The Kier molecular flexibility index (Phi) is 18.3. The van der Waals surface area contributed by atoms with E-state index < -0.39 is 6.04 Å². The van der Waals surface area contributed by atoms with Crippen LogP contribution in [-0.2, 0) is 19.1 Å². The zero-order valence-electron chi connectivity index (χ0n) is 22.8. The van der Waals surface area contributed by atoms with E-state index in [1.54, 1.807) is 0 Å². The summed E-state index contributed by atoms with van der Waals surface area (Å²) in [5.41, 5.74) is 0. The minimum Gasteiger partial charge on any atom is -0.461 e. The first-order valence-electron chi connectivity index (χ1n) is 14.5. The van der Waals surface area contributed by atoms with Crippen molar-refractivity contribution in [1.82, 2.24) is 5.32 Å². The number of carbonyl (C=O) groups is 2. The molecule has 1 heterocycles. The molecule has 0 unspecified atom stereocenters. The number of ether oxygens (including phenoxy) is 2. The Bertz CT molecular complexity index is 510. The molecule has 1 saturated heterocycles. The Hall–Kier alpha value is -1.10. The van der Waals surface area contributed by atoms with E-state index in [9.17, 15) is 9.59 Å². The maximum atomic E-state index is 12.9. The molecular weight excluding hydrogens is 426 g/mol. The Balaban J connectivity index is 2.50. The van der Waals surface area contributed by atoms with Crippen molar-refractivity contribution in [3.05, 3.63) is 0 Å². The molecule has 0 aliphatic carbocycles. The van der Waals surface area contributed by atoms with Gasteiger partial charge in [-0.1, -0.05) is 105 Å². The van der Waals surface area contributed by atoms with Gasteiger partial charge in [0.25, 0.3) is 0 Å². The van der Waals surface area contributed by atoms with Crippen LogP contribution in [0.4, 0.5) is 0 Å². The second kappa shape index (κ2) is 20.1.